The SMILES string of the molecule is COc1ccc(OCCNc2ccnc(Nc3ccc(C)cc3C)n2)cc1. The average Bonchev–Trinajstić information content (AvgIpc) is 2.68. The zero-order valence-corrected chi connectivity index (χ0v) is 15.8. The highest BCUT2D eigenvalue weighted by atomic mass is 16.5. The number of nitrogens with one attached hydrogen (secondary N) is 2. The van der Waals surface area contributed by atoms with Crippen molar-refractivity contribution in [3.63, 3.8) is 0 Å². The van der Waals surface area contributed by atoms with Gasteiger partial charge in [0.05, 0.1) is 13.7 Å². The highest BCUT2D eigenvalue weighted by Gasteiger charge is 2.03. The van der Waals surface area contributed by atoms with Crippen LogP contribution in [0.25, 0.3) is 0 Å². The summed E-state index contributed by atoms with van der Waals surface area (Å²) in [6, 6.07) is 15.6. The van der Waals surface area contributed by atoms with Crippen molar-refractivity contribution in [2.24, 2.45) is 0 Å². The number of hydrogen-bond acceptors (Lipinski definition) is 6. The Bertz CT molecular complexity index is 882. The minimum Gasteiger partial charge on any atom is -0.497 e. The van der Waals surface area contributed by atoms with Crippen molar-refractivity contribution < 1.29 is 9.47 Å². The lowest BCUT2D eigenvalue weighted by atomic mass is 10.1. The molecule has 0 aliphatic heterocycles. The molecule has 27 heavy (non-hydrogen) atoms. The summed E-state index contributed by atoms with van der Waals surface area (Å²) in [6.45, 7) is 5.29. The number of ether oxygens (including phenoxy) is 2. The van der Waals surface area contributed by atoms with E-state index in [0.29, 0.717) is 19.1 Å². The van der Waals surface area contributed by atoms with Crippen LogP contribution < -0.4 is 20.1 Å². The van der Waals surface area contributed by atoms with Gasteiger partial charge in [0.25, 0.3) is 0 Å². The number of rotatable bonds is 8. The van der Waals surface area contributed by atoms with Crippen LogP contribution in [-0.4, -0.2) is 30.2 Å². The maximum atomic E-state index is 5.70. The van der Waals surface area contributed by atoms with E-state index in [1.54, 1.807) is 13.3 Å². The van der Waals surface area contributed by atoms with Crippen molar-refractivity contribution in [3.05, 3.63) is 65.9 Å². The molecule has 0 saturated carbocycles. The molecule has 1 aromatic heterocycles. The Morgan fingerprint density at radius 3 is 2.48 bits per heavy atom. The largest absolute Gasteiger partial charge is 0.497 e. The number of aryl methyl sites for hydroxylation is 2. The molecule has 0 fully saturated rings. The minimum atomic E-state index is 0.524. The van der Waals surface area contributed by atoms with Gasteiger partial charge in [-0.1, -0.05) is 17.7 Å². The molecule has 0 aliphatic carbocycles. The quantitative estimate of drug-likeness (QED) is 0.580. The van der Waals surface area contributed by atoms with Gasteiger partial charge in [0.1, 0.15) is 23.9 Å². The van der Waals surface area contributed by atoms with Crippen LogP contribution in [0.4, 0.5) is 17.5 Å². The van der Waals surface area contributed by atoms with Crippen molar-refractivity contribution in [1.82, 2.24) is 9.97 Å². The van der Waals surface area contributed by atoms with Crippen LogP contribution in [0.3, 0.4) is 0 Å². The van der Waals surface area contributed by atoms with Gasteiger partial charge in [0, 0.05) is 11.9 Å². The Kier molecular flexibility index (Phi) is 6.10. The van der Waals surface area contributed by atoms with E-state index in [-0.39, 0.29) is 0 Å². The molecule has 6 heteroatoms. The van der Waals surface area contributed by atoms with Gasteiger partial charge in [-0.3, -0.25) is 0 Å². The first-order valence-electron chi connectivity index (χ1n) is 8.82. The summed E-state index contributed by atoms with van der Waals surface area (Å²) in [5.41, 5.74) is 3.39. The highest BCUT2D eigenvalue weighted by Crippen LogP contribution is 2.20. The van der Waals surface area contributed by atoms with Crippen molar-refractivity contribution in [2.45, 2.75) is 13.8 Å². The number of nitrogens with zero attached hydrogens (tertiary/aromatic N) is 2. The lowest BCUT2D eigenvalue weighted by Gasteiger charge is -2.11. The standard InChI is InChI=1S/C21H24N4O2/c1-15-4-9-19(16(2)14-15)24-21-23-11-10-20(25-21)22-12-13-27-18-7-5-17(26-3)6-8-18/h4-11,14H,12-13H2,1-3H3,(H2,22,23,24,25). The number of hydrogen-bond donors (Lipinski definition) is 2. The topological polar surface area (TPSA) is 68.3 Å². The predicted molar refractivity (Wildman–Crippen MR) is 108 cm³/mol. The first-order valence-corrected chi connectivity index (χ1v) is 8.82. The van der Waals surface area contributed by atoms with Crippen LogP contribution in [0.5, 0.6) is 11.5 Å². The predicted octanol–water partition coefficient (Wildman–Crippen LogP) is 4.34. The van der Waals surface area contributed by atoms with Crippen molar-refractivity contribution in [3.8, 4) is 11.5 Å². The first kappa shape index (κ1) is 18.5. The Morgan fingerprint density at radius 2 is 1.74 bits per heavy atom. The van der Waals surface area contributed by atoms with E-state index in [1.807, 2.05) is 36.4 Å². The normalized spacial score (nSPS) is 10.3. The van der Waals surface area contributed by atoms with Gasteiger partial charge in [-0.25, -0.2) is 4.98 Å². The van der Waals surface area contributed by atoms with Gasteiger partial charge in [0.15, 0.2) is 0 Å². The summed E-state index contributed by atoms with van der Waals surface area (Å²) >= 11 is 0. The van der Waals surface area contributed by atoms with Gasteiger partial charge >= 0.3 is 0 Å². The summed E-state index contributed by atoms with van der Waals surface area (Å²) in [4.78, 5) is 8.78. The molecule has 140 valence electrons. The molecule has 0 unspecified atom stereocenters. The molecular weight excluding hydrogens is 340 g/mol. The molecular formula is C21H24N4O2. The monoisotopic (exact) mass is 364 g/mol. The van der Waals surface area contributed by atoms with Crippen molar-refractivity contribution >= 4 is 17.5 Å². The van der Waals surface area contributed by atoms with Gasteiger partial charge < -0.3 is 20.1 Å². The fourth-order valence-electron chi connectivity index (χ4n) is 2.61. The molecule has 0 aliphatic rings. The van der Waals surface area contributed by atoms with Crippen LogP contribution in [0, 0.1) is 13.8 Å². The molecule has 0 saturated heterocycles. The lowest BCUT2D eigenvalue weighted by Crippen LogP contribution is -2.13. The van der Waals surface area contributed by atoms with Gasteiger partial charge in [-0.05, 0) is 55.8 Å². The molecule has 1 heterocycles. The molecule has 0 radical (unpaired) electrons. The number of methoxy groups -OCH3 is 1. The first-order chi connectivity index (χ1) is 13.1. The summed E-state index contributed by atoms with van der Waals surface area (Å²) in [5.74, 6) is 2.92. The zero-order chi connectivity index (χ0) is 19.1. The molecule has 2 N–H and O–H groups in total. The van der Waals surface area contributed by atoms with Gasteiger partial charge in [-0.15, -0.1) is 0 Å². The average molecular weight is 364 g/mol. The molecule has 0 atom stereocenters. The fraction of sp³-hybridized carbons (Fsp3) is 0.238. The van der Waals surface area contributed by atoms with E-state index in [1.165, 1.54) is 5.56 Å². The van der Waals surface area contributed by atoms with E-state index in [2.05, 4.69) is 46.6 Å². The summed E-state index contributed by atoms with van der Waals surface area (Å²) in [7, 11) is 1.64. The summed E-state index contributed by atoms with van der Waals surface area (Å²) < 4.78 is 10.8. The Balaban J connectivity index is 1.51. The van der Waals surface area contributed by atoms with Crippen molar-refractivity contribution in [1.29, 1.82) is 0 Å². The molecule has 3 aromatic rings. The van der Waals surface area contributed by atoms with Gasteiger partial charge in [0.2, 0.25) is 5.95 Å². The molecule has 2 aromatic carbocycles. The summed E-state index contributed by atoms with van der Waals surface area (Å²) in [6.07, 6.45) is 1.73. The Morgan fingerprint density at radius 1 is 0.963 bits per heavy atom. The molecule has 0 amide bonds. The molecule has 0 spiro atoms. The smallest absolute Gasteiger partial charge is 0.229 e. The third kappa shape index (κ3) is 5.34. The van der Waals surface area contributed by atoms with E-state index < -0.39 is 0 Å². The number of anilines is 3. The van der Waals surface area contributed by atoms with E-state index in [0.717, 1.165) is 28.6 Å². The molecule has 3 rings (SSSR count). The fourth-order valence-corrected chi connectivity index (χ4v) is 2.61. The summed E-state index contributed by atoms with van der Waals surface area (Å²) in [5, 5.41) is 6.51. The van der Waals surface area contributed by atoms with Crippen LogP contribution in [0.2, 0.25) is 0 Å². The van der Waals surface area contributed by atoms with E-state index in [4.69, 9.17) is 9.47 Å². The molecule has 6 nitrogen and oxygen atoms in total. The van der Waals surface area contributed by atoms with Crippen molar-refractivity contribution in [2.75, 3.05) is 30.9 Å². The van der Waals surface area contributed by atoms with E-state index >= 15 is 0 Å². The van der Waals surface area contributed by atoms with Crippen LogP contribution >= 0.6 is 0 Å². The second-order valence-electron chi connectivity index (χ2n) is 6.16. The van der Waals surface area contributed by atoms with Crippen LogP contribution in [0.15, 0.2) is 54.7 Å². The number of aromatic nitrogens is 2. The van der Waals surface area contributed by atoms with E-state index in [9.17, 15) is 0 Å². The highest BCUT2D eigenvalue weighted by molar-refractivity contribution is 5.59. The third-order valence-corrected chi connectivity index (χ3v) is 4.02. The second-order valence-corrected chi connectivity index (χ2v) is 6.16. The second kappa shape index (κ2) is 8.89. The lowest BCUT2D eigenvalue weighted by molar-refractivity contribution is 0.331. The zero-order valence-electron chi connectivity index (χ0n) is 15.8. The van der Waals surface area contributed by atoms with Gasteiger partial charge in [-0.2, -0.15) is 4.98 Å². The minimum absolute atomic E-state index is 0.524. The van der Waals surface area contributed by atoms with Crippen LogP contribution in [0.1, 0.15) is 11.1 Å². The number of benzene rings is 2. The van der Waals surface area contributed by atoms with Crippen LogP contribution in [-0.2, 0) is 0 Å². The Labute approximate surface area is 159 Å². The third-order valence-electron chi connectivity index (χ3n) is 4.02. The molecule has 0 bridgehead atoms. The maximum absolute atomic E-state index is 5.70. The Hall–Kier alpha value is -3.28. The maximum Gasteiger partial charge on any atom is 0.229 e.